The van der Waals surface area contributed by atoms with Crippen LogP contribution >= 0.6 is 0 Å². The van der Waals surface area contributed by atoms with E-state index in [1.807, 2.05) is 4.90 Å². The number of sulfonamides is 1. The molecule has 3 fully saturated rings. The molecule has 11 heteroatoms. The third kappa shape index (κ3) is 6.28. The molecule has 1 amide bonds. The van der Waals surface area contributed by atoms with Crippen molar-refractivity contribution >= 4 is 15.9 Å². The van der Waals surface area contributed by atoms with Crippen LogP contribution in [0.1, 0.15) is 73.2 Å². The van der Waals surface area contributed by atoms with Crippen molar-refractivity contribution in [1.29, 1.82) is 0 Å². The van der Waals surface area contributed by atoms with Gasteiger partial charge in [-0.25, -0.2) is 17.5 Å². The van der Waals surface area contributed by atoms with Crippen LogP contribution in [0.4, 0.5) is 17.6 Å². The van der Waals surface area contributed by atoms with E-state index in [1.54, 1.807) is 4.72 Å². The summed E-state index contributed by atoms with van der Waals surface area (Å²) < 4.78 is 86.3. The second-order valence-corrected chi connectivity index (χ2v) is 12.1. The minimum Gasteiger partial charge on any atom is -0.493 e. The zero-order valence-corrected chi connectivity index (χ0v) is 20.6. The molecule has 1 aromatic rings. The van der Waals surface area contributed by atoms with Gasteiger partial charge in [0, 0.05) is 12.6 Å². The average Bonchev–Trinajstić information content (AvgIpc) is 3.48. The highest BCUT2D eigenvalue weighted by molar-refractivity contribution is 7.89. The summed E-state index contributed by atoms with van der Waals surface area (Å²) in [7, 11) is -3.83. The Morgan fingerprint density at radius 3 is 2.31 bits per heavy atom. The van der Waals surface area contributed by atoms with E-state index in [0.717, 1.165) is 25.2 Å². The molecule has 35 heavy (non-hydrogen) atoms. The molecule has 1 heterocycles. The summed E-state index contributed by atoms with van der Waals surface area (Å²) in [5.74, 6) is -1.29. The molecule has 0 atom stereocenters. The molecule has 0 spiro atoms. The Hall–Kier alpha value is -1.88. The van der Waals surface area contributed by atoms with Crippen LogP contribution < -0.4 is 9.46 Å². The van der Waals surface area contributed by atoms with Gasteiger partial charge < -0.3 is 9.64 Å². The van der Waals surface area contributed by atoms with E-state index in [0.29, 0.717) is 56.7 Å². The lowest BCUT2D eigenvalue weighted by atomic mass is 9.83. The summed E-state index contributed by atoms with van der Waals surface area (Å²) in [6, 6.07) is 2.50. The van der Waals surface area contributed by atoms with Gasteiger partial charge in [0.2, 0.25) is 10.0 Å². The zero-order valence-electron chi connectivity index (χ0n) is 19.8. The molecule has 1 aromatic carbocycles. The highest BCUT2D eigenvalue weighted by Gasteiger charge is 2.56. The van der Waals surface area contributed by atoms with E-state index in [9.17, 15) is 30.8 Å². The second kappa shape index (κ2) is 9.88. The Labute approximate surface area is 203 Å². The zero-order chi connectivity index (χ0) is 25.4. The standard InChI is InChI=1S/C24H32F4N2O4S/c1-35(32,33)29-22(31)19-12-18(17-4-5-17)21(13-20(19)25)34-14-16-6-10-30(11-7-16)15-23(24(26,27)28)8-2-3-9-23/h12-13,16-17H,2-11,14-15H2,1H3,(H,29,31). The first-order valence-corrected chi connectivity index (χ1v) is 14.0. The Kier molecular flexibility index (Phi) is 7.39. The van der Waals surface area contributed by atoms with Gasteiger partial charge in [-0.1, -0.05) is 12.8 Å². The number of alkyl halides is 3. The average molecular weight is 521 g/mol. The highest BCUT2D eigenvalue weighted by atomic mass is 32.2. The molecular weight excluding hydrogens is 488 g/mol. The molecule has 0 radical (unpaired) electrons. The fourth-order valence-corrected chi connectivity index (χ4v) is 5.78. The van der Waals surface area contributed by atoms with Gasteiger partial charge in [0.05, 0.1) is 23.8 Å². The molecule has 6 nitrogen and oxygen atoms in total. The third-order valence-corrected chi connectivity index (χ3v) is 8.07. The number of likely N-dealkylation sites (tertiary alicyclic amines) is 1. The van der Waals surface area contributed by atoms with E-state index in [-0.39, 0.29) is 36.8 Å². The van der Waals surface area contributed by atoms with E-state index in [4.69, 9.17) is 4.74 Å². The summed E-state index contributed by atoms with van der Waals surface area (Å²) in [4.78, 5) is 14.1. The number of halogens is 4. The van der Waals surface area contributed by atoms with Crippen molar-refractivity contribution in [3.63, 3.8) is 0 Å². The maximum atomic E-state index is 14.6. The molecule has 3 aliphatic rings. The van der Waals surface area contributed by atoms with Crippen LogP contribution in [-0.2, 0) is 10.0 Å². The van der Waals surface area contributed by atoms with E-state index >= 15 is 0 Å². The van der Waals surface area contributed by atoms with Crippen molar-refractivity contribution in [2.24, 2.45) is 11.3 Å². The quantitative estimate of drug-likeness (QED) is 0.507. The Morgan fingerprint density at radius 2 is 1.77 bits per heavy atom. The predicted octanol–water partition coefficient (Wildman–Crippen LogP) is 4.61. The van der Waals surface area contributed by atoms with Crippen LogP contribution in [0.3, 0.4) is 0 Å². The molecule has 2 aliphatic carbocycles. The number of benzene rings is 1. The topological polar surface area (TPSA) is 75.7 Å². The normalized spacial score (nSPS) is 21.7. The van der Waals surface area contributed by atoms with Gasteiger partial charge in [-0.3, -0.25) is 4.79 Å². The van der Waals surface area contributed by atoms with E-state index < -0.39 is 33.3 Å². The lowest BCUT2D eigenvalue weighted by Gasteiger charge is -2.40. The molecule has 1 saturated heterocycles. The first-order chi connectivity index (χ1) is 16.4. The fraction of sp³-hybridized carbons (Fsp3) is 0.708. The highest BCUT2D eigenvalue weighted by Crippen LogP contribution is 2.51. The number of amides is 1. The van der Waals surface area contributed by atoms with Crippen LogP contribution in [0.5, 0.6) is 5.75 Å². The number of hydrogen-bond acceptors (Lipinski definition) is 5. The molecule has 0 bridgehead atoms. The molecule has 1 aliphatic heterocycles. The molecular formula is C24H32F4N2O4S. The molecule has 0 aromatic heterocycles. The van der Waals surface area contributed by atoms with Crippen molar-refractivity contribution in [2.75, 3.05) is 32.5 Å². The number of piperidine rings is 1. The maximum Gasteiger partial charge on any atom is 0.395 e. The summed E-state index contributed by atoms with van der Waals surface area (Å²) in [6.07, 6.45) is 1.43. The number of nitrogens with one attached hydrogen (secondary N) is 1. The number of ether oxygens (including phenoxy) is 1. The van der Waals surface area contributed by atoms with Gasteiger partial charge in [0.15, 0.2) is 0 Å². The van der Waals surface area contributed by atoms with Crippen molar-refractivity contribution in [3.05, 3.63) is 29.1 Å². The number of carbonyl (C=O) groups excluding carboxylic acids is 1. The number of nitrogens with zero attached hydrogens (tertiary/aromatic N) is 1. The summed E-state index contributed by atoms with van der Waals surface area (Å²) in [5, 5.41) is 0. The van der Waals surface area contributed by atoms with Crippen LogP contribution in [0.2, 0.25) is 0 Å². The van der Waals surface area contributed by atoms with Crippen LogP contribution in [-0.4, -0.2) is 57.9 Å². The summed E-state index contributed by atoms with van der Waals surface area (Å²) >= 11 is 0. The molecule has 196 valence electrons. The molecule has 4 rings (SSSR count). The smallest absolute Gasteiger partial charge is 0.395 e. The van der Waals surface area contributed by atoms with Crippen molar-refractivity contribution in [1.82, 2.24) is 9.62 Å². The molecule has 0 unspecified atom stereocenters. The second-order valence-electron chi connectivity index (χ2n) is 10.4. The van der Waals surface area contributed by atoms with E-state index in [2.05, 4.69) is 0 Å². The summed E-state index contributed by atoms with van der Waals surface area (Å²) in [6.45, 7) is 1.50. The number of rotatable bonds is 8. The minimum absolute atomic E-state index is 0.0537. The van der Waals surface area contributed by atoms with Gasteiger partial charge in [-0.15, -0.1) is 0 Å². The molecule has 1 N–H and O–H groups in total. The third-order valence-electron chi connectivity index (χ3n) is 7.51. The number of hydrogen-bond donors (Lipinski definition) is 1. The van der Waals surface area contributed by atoms with Crippen LogP contribution in [0.15, 0.2) is 12.1 Å². The maximum absolute atomic E-state index is 14.6. The monoisotopic (exact) mass is 520 g/mol. The van der Waals surface area contributed by atoms with Gasteiger partial charge >= 0.3 is 6.18 Å². The van der Waals surface area contributed by atoms with Gasteiger partial charge in [0.25, 0.3) is 5.91 Å². The minimum atomic E-state index is -4.18. The first-order valence-electron chi connectivity index (χ1n) is 12.1. The first kappa shape index (κ1) is 26.2. The Morgan fingerprint density at radius 1 is 1.14 bits per heavy atom. The number of carbonyl (C=O) groups is 1. The van der Waals surface area contributed by atoms with E-state index in [1.165, 1.54) is 6.07 Å². The van der Waals surface area contributed by atoms with Crippen molar-refractivity contribution in [3.8, 4) is 5.75 Å². The van der Waals surface area contributed by atoms with Gasteiger partial charge in [-0.2, -0.15) is 13.2 Å². The van der Waals surface area contributed by atoms with Crippen molar-refractivity contribution in [2.45, 2.75) is 63.5 Å². The van der Waals surface area contributed by atoms with Gasteiger partial charge in [-0.05, 0) is 75.1 Å². The van der Waals surface area contributed by atoms with Gasteiger partial charge in [0.1, 0.15) is 11.6 Å². The Bertz CT molecular complexity index is 1040. The van der Waals surface area contributed by atoms with Crippen molar-refractivity contribution < 1.29 is 35.5 Å². The Balaban J connectivity index is 1.35. The molecule has 2 saturated carbocycles. The summed E-state index contributed by atoms with van der Waals surface area (Å²) in [5.41, 5.74) is -1.25. The lowest BCUT2D eigenvalue weighted by Crippen LogP contribution is -2.48. The fourth-order valence-electron chi connectivity index (χ4n) is 5.34. The largest absolute Gasteiger partial charge is 0.493 e. The SMILES string of the molecule is CS(=O)(=O)NC(=O)c1cc(C2CC2)c(OCC2CCN(CC3(C(F)(F)F)CCCC3)CC2)cc1F. The van der Waals surface area contributed by atoms with Crippen LogP contribution in [0, 0.1) is 17.2 Å². The lowest BCUT2D eigenvalue weighted by molar-refractivity contribution is -0.228. The van der Waals surface area contributed by atoms with Crippen LogP contribution in [0.25, 0.3) is 0 Å². The predicted molar refractivity (Wildman–Crippen MR) is 122 cm³/mol.